The summed E-state index contributed by atoms with van der Waals surface area (Å²) in [6.45, 7) is 4.63. The van der Waals surface area contributed by atoms with Crippen LogP contribution >= 0.6 is 0 Å². The number of piperidine rings is 1. The first-order valence-corrected chi connectivity index (χ1v) is 11.3. The summed E-state index contributed by atoms with van der Waals surface area (Å²) in [6, 6.07) is 3.98. The zero-order chi connectivity index (χ0) is 22.5. The number of hydrogen-bond acceptors (Lipinski definition) is 7. The molecule has 1 saturated heterocycles. The van der Waals surface area contributed by atoms with Crippen LogP contribution in [-0.4, -0.2) is 59.6 Å². The van der Waals surface area contributed by atoms with Crippen molar-refractivity contribution in [2.75, 3.05) is 18.0 Å². The van der Waals surface area contributed by atoms with Crippen LogP contribution in [0.2, 0.25) is 0 Å². The van der Waals surface area contributed by atoms with E-state index < -0.39 is 11.8 Å². The Morgan fingerprint density at radius 1 is 1.22 bits per heavy atom. The lowest BCUT2D eigenvalue weighted by molar-refractivity contribution is -0.0667. The van der Waals surface area contributed by atoms with Crippen molar-refractivity contribution in [1.29, 1.82) is 0 Å². The average Bonchev–Trinajstić information content (AvgIpc) is 3.57. The van der Waals surface area contributed by atoms with Crippen LogP contribution in [0, 0.1) is 5.92 Å². The van der Waals surface area contributed by atoms with Crippen molar-refractivity contribution >= 4 is 17.0 Å². The maximum Gasteiger partial charge on any atom is 0.225 e. The molecule has 9 heteroatoms. The standard InChI is InChI=1S/C23H29FN6O2/c1-14(2)30-19-10-17(26-11-18(19)28-21(30)13-31)9-16-5-7-25-22(27-16)29-8-6-23(32,15-3-4-15)20(24)12-29/h5,7,10-11,14-15,20,31-32H,3-4,6,8-9,12-13H2,1-2H3/t20-,23-/m1/s1. The number of anilines is 1. The van der Waals surface area contributed by atoms with Crippen molar-refractivity contribution in [3.8, 4) is 0 Å². The Balaban J connectivity index is 1.36. The van der Waals surface area contributed by atoms with E-state index in [4.69, 9.17) is 0 Å². The number of aromatic nitrogens is 5. The van der Waals surface area contributed by atoms with Crippen LogP contribution in [0.4, 0.5) is 10.3 Å². The number of pyridine rings is 1. The van der Waals surface area contributed by atoms with E-state index >= 15 is 0 Å². The molecule has 1 aliphatic carbocycles. The number of aliphatic hydroxyl groups excluding tert-OH is 1. The van der Waals surface area contributed by atoms with E-state index in [1.807, 2.05) is 21.6 Å². The summed E-state index contributed by atoms with van der Waals surface area (Å²) in [5.41, 5.74) is 2.11. The Labute approximate surface area is 186 Å². The van der Waals surface area contributed by atoms with Gasteiger partial charge in [0, 0.05) is 30.9 Å². The highest BCUT2D eigenvalue weighted by Gasteiger charge is 2.52. The smallest absolute Gasteiger partial charge is 0.225 e. The SMILES string of the molecule is CC(C)n1c(CO)nc2cnc(Cc3ccnc(N4CC[C@@](O)(C5CC5)[C@H](F)C4)n3)cc21. The maximum atomic E-state index is 14.8. The van der Waals surface area contributed by atoms with Gasteiger partial charge in [-0.15, -0.1) is 0 Å². The second kappa shape index (κ2) is 8.04. The van der Waals surface area contributed by atoms with Crippen molar-refractivity contribution in [1.82, 2.24) is 24.5 Å². The molecular weight excluding hydrogens is 411 g/mol. The van der Waals surface area contributed by atoms with Crippen molar-refractivity contribution in [2.24, 2.45) is 5.92 Å². The van der Waals surface area contributed by atoms with Crippen LogP contribution < -0.4 is 4.90 Å². The van der Waals surface area contributed by atoms with Crippen LogP contribution in [0.25, 0.3) is 11.0 Å². The maximum absolute atomic E-state index is 14.8. The molecule has 0 aromatic carbocycles. The molecule has 2 atom stereocenters. The second-order valence-electron chi connectivity index (χ2n) is 9.27. The molecule has 3 aromatic heterocycles. The summed E-state index contributed by atoms with van der Waals surface area (Å²) in [5, 5.41) is 20.3. The highest BCUT2D eigenvalue weighted by molar-refractivity contribution is 5.75. The number of alkyl halides is 1. The lowest BCUT2D eigenvalue weighted by Gasteiger charge is -2.41. The van der Waals surface area contributed by atoms with Crippen LogP contribution in [0.15, 0.2) is 24.5 Å². The van der Waals surface area contributed by atoms with Crippen molar-refractivity contribution in [3.63, 3.8) is 0 Å². The number of fused-ring (bicyclic) bond motifs is 1. The molecule has 3 aromatic rings. The van der Waals surface area contributed by atoms with Crippen molar-refractivity contribution < 1.29 is 14.6 Å². The molecule has 5 rings (SSSR count). The minimum Gasteiger partial charge on any atom is -0.388 e. The van der Waals surface area contributed by atoms with Gasteiger partial charge in [-0.1, -0.05) is 0 Å². The van der Waals surface area contributed by atoms with E-state index in [2.05, 4.69) is 33.8 Å². The van der Waals surface area contributed by atoms with Gasteiger partial charge in [-0.25, -0.2) is 19.3 Å². The quantitative estimate of drug-likeness (QED) is 0.608. The molecule has 1 saturated carbocycles. The molecule has 2 fully saturated rings. The molecule has 0 unspecified atom stereocenters. The summed E-state index contributed by atoms with van der Waals surface area (Å²) in [4.78, 5) is 19.8. The molecule has 0 spiro atoms. The topological polar surface area (TPSA) is 100 Å². The van der Waals surface area contributed by atoms with E-state index in [0.717, 1.165) is 35.3 Å². The fourth-order valence-electron chi connectivity index (χ4n) is 4.83. The number of halogens is 1. The Morgan fingerprint density at radius 2 is 2.03 bits per heavy atom. The molecule has 170 valence electrons. The van der Waals surface area contributed by atoms with Gasteiger partial charge >= 0.3 is 0 Å². The van der Waals surface area contributed by atoms with E-state index in [1.54, 1.807) is 12.4 Å². The molecule has 4 heterocycles. The predicted octanol–water partition coefficient (Wildman–Crippen LogP) is 2.57. The summed E-state index contributed by atoms with van der Waals surface area (Å²) in [6.07, 6.45) is 4.84. The lowest BCUT2D eigenvalue weighted by Crippen LogP contribution is -2.55. The van der Waals surface area contributed by atoms with Crippen LogP contribution in [-0.2, 0) is 13.0 Å². The zero-order valence-electron chi connectivity index (χ0n) is 18.4. The van der Waals surface area contributed by atoms with Gasteiger partial charge in [0.1, 0.15) is 29.7 Å². The summed E-state index contributed by atoms with van der Waals surface area (Å²) in [5.74, 6) is 1.20. The van der Waals surface area contributed by atoms with Gasteiger partial charge in [-0.2, -0.15) is 0 Å². The second-order valence-corrected chi connectivity index (χ2v) is 9.27. The normalized spacial score (nSPS) is 23.9. The Hall–Kier alpha value is -2.65. The third kappa shape index (κ3) is 3.73. The van der Waals surface area contributed by atoms with Gasteiger partial charge in [0.2, 0.25) is 5.95 Å². The summed E-state index contributed by atoms with van der Waals surface area (Å²) in [7, 11) is 0. The van der Waals surface area contributed by atoms with E-state index in [9.17, 15) is 14.6 Å². The monoisotopic (exact) mass is 440 g/mol. The van der Waals surface area contributed by atoms with Crippen molar-refractivity contribution in [2.45, 2.75) is 64.0 Å². The Kier molecular flexibility index (Phi) is 5.33. The predicted molar refractivity (Wildman–Crippen MR) is 118 cm³/mol. The number of aliphatic hydroxyl groups is 2. The average molecular weight is 441 g/mol. The first-order chi connectivity index (χ1) is 15.4. The molecule has 2 aliphatic rings. The van der Waals surface area contributed by atoms with Gasteiger partial charge in [-0.05, 0) is 51.2 Å². The molecule has 0 radical (unpaired) electrons. The van der Waals surface area contributed by atoms with E-state index in [1.165, 1.54) is 0 Å². The van der Waals surface area contributed by atoms with E-state index in [-0.39, 0.29) is 25.1 Å². The summed E-state index contributed by atoms with van der Waals surface area (Å²) >= 11 is 0. The van der Waals surface area contributed by atoms with Gasteiger partial charge in [0.05, 0.1) is 24.0 Å². The number of nitrogens with zero attached hydrogens (tertiary/aromatic N) is 6. The molecule has 0 bridgehead atoms. The van der Waals surface area contributed by atoms with Gasteiger partial charge in [0.15, 0.2) is 0 Å². The lowest BCUT2D eigenvalue weighted by atomic mass is 9.85. The highest BCUT2D eigenvalue weighted by atomic mass is 19.1. The van der Waals surface area contributed by atoms with Crippen molar-refractivity contribution in [3.05, 3.63) is 41.7 Å². The third-order valence-electron chi connectivity index (χ3n) is 6.70. The van der Waals surface area contributed by atoms with Gasteiger partial charge < -0.3 is 19.7 Å². The molecule has 1 aliphatic heterocycles. The minimum atomic E-state index is -1.29. The Morgan fingerprint density at radius 3 is 2.72 bits per heavy atom. The Bertz CT molecular complexity index is 1130. The molecule has 32 heavy (non-hydrogen) atoms. The first kappa shape index (κ1) is 21.2. The molecule has 2 N–H and O–H groups in total. The van der Waals surface area contributed by atoms with Gasteiger partial charge in [-0.3, -0.25) is 4.98 Å². The molecule has 0 amide bonds. The van der Waals surface area contributed by atoms with Crippen LogP contribution in [0.1, 0.15) is 56.4 Å². The largest absolute Gasteiger partial charge is 0.388 e. The minimum absolute atomic E-state index is 0.0959. The van der Waals surface area contributed by atoms with E-state index in [0.29, 0.717) is 31.2 Å². The number of rotatable bonds is 6. The first-order valence-electron chi connectivity index (χ1n) is 11.3. The van der Waals surface area contributed by atoms with Crippen LogP contribution in [0.5, 0.6) is 0 Å². The fraction of sp³-hybridized carbons (Fsp3) is 0.565. The zero-order valence-corrected chi connectivity index (χ0v) is 18.4. The fourth-order valence-corrected chi connectivity index (χ4v) is 4.83. The summed E-state index contributed by atoms with van der Waals surface area (Å²) < 4.78 is 16.8. The third-order valence-corrected chi connectivity index (χ3v) is 6.70. The molecular formula is C23H29FN6O2. The number of hydrogen-bond donors (Lipinski definition) is 2. The highest BCUT2D eigenvalue weighted by Crippen LogP contribution is 2.46. The van der Waals surface area contributed by atoms with Gasteiger partial charge in [0.25, 0.3) is 0 Å². The molecule has 8 nitrogen and oxygen atoms in total. The van der Waals surface area contributed by atoms with Crippen LogP contribution in [0.3, 0.4) is 0 Å². The number of imidazole rings is 1.